The Hall–Kier alpha value is -1.17. The highest BCUT2D eigenvalue weighted by Gasteiger charge is 2.15. The summed E-state index contributed by atoms with van der Waals surface area (Å²) in [5, 5.41) is 0. The number of primary amides is 1. The minimum absolute atomic E-state index is 0.354. The van der Waals surface area contributed by atoms with E-state index < -0.39 is 11.7 Å². The predicted molar refractivity (Wildman–Crippen MR) is 66.2 cm³/mol. The van der Waals surface area contributed by atoms with Gasteiger partial charge in [0.05, 0.1) is 9.21 Å². The first-order chi connectivity index (χ1) is 7.58. The number of carbonyl (C=O) groups excluding carboxylic acids is 2. The number of amides is 1. The Morgan fingerprint density at radius 1 is 1.06 bits per heavy atom. The molecular formula is C10H6ClNO2S2. The molecule has 0 aliphatic rings. The molecule has 0 fully saturated rings. The number of ketones is 1. The molecule has 3 nitrogen and oxygen atoms in total. The van der Waals surface area contributed by atoms with E-state index in [0.29, 0.717) is 9.21 Å². The number of carbonyl (C=O) groups is 2. The molecule has 6 heteroatoms. The Morgan fingerprint density at radius 2 is 1.69 bits per heavy atom. The van der Waals surface area contributed by atoms with E-state index in [4.69, 9.17) is 17.3 Å². The molecule has 1 amide bonds. The molecule has 0 spiro atoms. The van der Waals surface area contributed by atoms with Gasteiger partial charge in [0.2, 0.25) is 0 Å². The minimum Gasteiger partial charge on any atom is -0.363 e. The number of rotatable bonds is 3. The standard InChI is InChI=1S/C10H6ClNO2S2/c11-8-4-3-6(16-8)5-1-2-7(15-5)9(13)10(12)14/h1-4H,(H2,12,14). The molecule has 16 heavy (non-hydrogen) atoms. The number of nitrogens with two attached hydrogens (primary N) is 1. The van der Waals surface area contributed by atoms with Gasteiger partial charge in [0.1, 0.15) is 0 Å². The van der Waals surface area contributed by atoms with Gasteiger partial charge in [-0.05, 0) is 24.3 Å². The molecule has 2 aromatic rings. The van der Waals surface area contributed by atoms with Crippen LogP contribution in [-0.2, 0) is 4.79 Å². The third kappa shape index (κ3) is 2.16. The van der Waals surface area contributed by atoms with Crippen molar-refractivity contribution in [3.63, 3.8) is 0 Å². The van der Waals surface area contributed by atoms with Gasteiger partial charge in [-0.25, -0.2) is 0 Å². The normalized spacial score (nSPS) is 10.3. The highest BCUT2D eigenvalue weighted by molar-refractivity contribution is 7.25. The molecule has 0 saturated carbocycles. The number of hydrogen-bond acceptors (Lipinski definition) is 4. The summed E-state index contributed by atoms with van der Waals surface area (Å²) in [5.74, 6) is -1.59. The van der Waals surface area contributed by atoms with E-state index in [1.165, 1.54) is 22.7 Å². The lowest BCUT2D eigenvalue weighted by Crippen LogP contribution is -2.21. The number of hydrogen-bond donors (Lipinski definition) is 1. The van der Waals surface area contributed by atoms with Crippen molar-refractivity contribution in [2.24, 2.45) is 5.73 Å². The van der Waals surface area contributed by atoms with Crippen LogP contribution in [0, 0.1) is 0 Å². The summed E-state index contributed by atoms with van der Waals surface area (Å²) < 4.78 is 0.686. The second-order valence-electron chi connectivity index (χ2n) is 2.96. The summed E-state index contributed by atoms with van der Waals surface area (Å²) >= 11 is 8.47. The maximum atomic E-state index is 11.3. The van der Waals surface area contributed by atoms with Crippen LogP contribution >= 0.6 is 34.3 Å². The predicted octanol–water partition coefficient (Wildman–Crippen LogP) is 2.80. The number of halogens is 1. The highest BCUT2D eigenvalue weighted by Crippen LogP contribution is 2.35. The molecule has 0 radical (unpaired) electrons. The van der Waals surface area contributed by atoms with Crippen LogP contribution in [0.25, 0.3) is 9.75 Å². The van der Waals surface area contributed by atoms with Gasteiger partial charge in [-0.15, -0.1) is 22.7 Å². The molecule has 0 saturated heterocycles. The fourth-order valence-electron chi connectivity index (χ4n) is 1.16. The Kier molecular flexibility index (Phi) is 3.09. The van der Waals surface area contributed by atoms with Crippen LogP contribution in [0.15, 0.2) is 24.3 Å². The third-order valence-corrected chi connectivity index (χ3v) is 4.38. The van der Waals surface area contributed by atoms with E-state index in [1.54, 1.807) is 18.2 Å². The van der Waals surface area contributed by atoms with Gasteiger partial charge >= 0.3 is 0 Å². The maximum absolute atomic E-state index is 11.3. The lowest BCUT2D eigenvalue weighted by molar-refractivity contribution is -0.114. The van der Waals surface area contributed by atoms with Crippen LogP contribution in [0.5, 0.6) is 0 Å². The first-order valence-electron chi connectivity index (χ1n) is 4.27. The van der Waals surface area contributed by atoms with Crippen molar-refractivity contribution in [2.45, 2.75) is 0 Å². The first kappa shape index (κ1) is 11.3. The molecule has 82 valence electrons. The quantitative estimate of drug-likeness (QED) is 0.689. The lowest BCUT2D eigenvalue weighted by atomic mass is 10.3. The summed E-state index contributed by atoms with van der Waals surface area (Å²) in [5.41, 5.74) is 4.92. The fourth-order valence-corrected chi connectivity index (χ4v) is 3.24. The second-order valence-corrected chi connectivity index (χ2v) is 5.76. The van der Waals surface area contributed by atoms with Crippen LogP contribution in [0.2, 0.25) is 4.34 Å². The van der Waals surface area contributed by atoms with Crippen LogP contribution < -0.4 is 5.73 Å². The van der Waals surface area contributed by atoms with E-state index in [9.17, 15) is 9.59 Å². The van der Waals surface area contributed by atoms with Gasteiger partial charge in [-0.2, -0.15) is 0 Å². The van der Waals surface area contributed by atoms with Gasteiger partial charge in [-0.3, -0.25) is 9.59 Å². The average molecular weight is 272 g/mol. The molecular weight excluding hydrogens is 266 g/mol. The Labute approximate surface area is 104 Å². The first-order valence-corrected chi connectivity index (χ1v) is 6.28. The number of thiophene rings is 2. The molecule has 0 aromatic carbocycles. The van der Waals surface area contributed by atoms with Crippen molar-refractivity contribution >= 4 is 46.0 Å². The van der Waals surface area contributed by atoms with Crippen LogP contribution in [0.1, 0.15) is 9.67 Å². The topological polar surface area (TPSA) is 60.2 Å². The highest BCUT2D eigenvalue weighted by atomic mass is 35.5. The van der Waals surface area contributed by atoms with Crippen molar-refractivity contribution in [1.29, 1.82) is 0 Å². The smallest absolute Gasteiger partial charge is 0.290 e. The second kappa shape index (κ2) is 4.37. The van der Waals surface area contributed by atoms with Gasteiger partial charge in [0.15, 0.2) is 0 Å². The summed E-state index contributed by atoms with van der Waals surface area (Å²) in [6.45, 7) is 0. The van der Waals surface area contributed by atoms with Crippen molar-refractivity contribution in [3.8, 4) is 9.75 Å². The zero-order chi connectivity index (χ0) is 11.7. The lowest BCUT2D eigenvalue weighted by Gasteiger charge is -1.89. The zero-order valence-corrected chi connectivity index (χ0v) is 10.3. The van der Waals surface area contributed by atoms with Crippen molar-refractivity contribution in [2.75, 3.05) is 0 Å². The maximum Gasteiger partial charge on any atom is 0.290 e. The van der Waals surface area contributed by atoms with E-state index in [0.717, 1.165) is 9.75 Å². The molecule has 2 N–H and O–H groups in total. The fraction of sp³-hybridized carbons (Fsp3) is 0. The van der Waals surface area contributed by atoms with E-state index in [2.05, 4.69) is 0 Å². The van der Waals surface area contributed by atoms with Crippen molar-refractivity contribution in [1.82, 2.24) is 0 Å². The SMILES string of the molecule is NC(=O)C(=O)c1ccc(-c2ccc(Cl)s2)s1. The summed E-state index contributed by atoms with van der Waals surface area (Å²) in [4.78, 5) is 24.2. The minimum atomic E-state index is -0.933. The third-order valence-electron chi connectivity index (χ3n) is 1.87. The van der Waals surface area contributed by atoms with Crippen LogP contribution in [-0.4, -0.2) is 11.7 Å². The van der Waals surface area contributed by atoms with E-state index >= 15 is 0 Å². The summed E-state index contributed by atoms with van der Waals surface area (Å²) in [6.07, 6.45) is 0. The van der Waals surface area contributed by atoms with Crippen molar-refractivity contribution in [3.05, 3.63) is 33.5 Å². The molecule has 0 atom stereocenters. The molecule has 0 aliphatic carbocycles. The average Bonchev–Trinajstić information content (AvgIpc) is 2.84. The van der Waals surface area contributed by atoms with Gasteiger partial charge in [0.25, 0.3) is 11.7 Å². The molecule has 0 unspecified atom stereocenters. The van der Waals surface area contributed by atoms with Crippen LogP contribution in [0.4, 0.5) is 0 Å². The van der Waals surface area contributed by atoms with E-state index in [1.807, 2.05) is 6.07 Å². The largest absolute Gasteiger partial charge is 0.363 e. The molecule has 2 aromatic heterocycles. The van der Waals surface area contributed by atoms with E-state index in [-0.39, 0.29) is 0 Å². The molecule has 2 rings (SSSR count). The Bertz CT molecular complexity index is 559. The number of Topliss-reactive ketones (excluding diaryl/α,β-unsaturated/α-hetero) is 1. The zero-order valence-electron chi connectivity index (χ0n) is 7.90. The van der Waals surface area contributed by atoms with Gasteiger partial charge in [-0.1, -0.05) is 11.6 Å². The van der Waals surface area contributed by atoms with Gasteiger partial charge in [0, 0.05) is 9.75 Å². The summed E-state index contributed by atoms with van der Waals surface area (Å²) in [6, 6.07) is 7.04. The summed E-state index contributed by atoms with van der Waals surface area (Å²) in [7, 11) is 0. The van der Waals surface area contributed by atoms with Crippen molar-refractivity contribution < 1.29 is 9.59 Å². The monoisotopic (exact) mass is 271 g/mol. The van der Waals surface area contributed by atoms with Crippen LogP contribution in [0.3, 0.4) is 0 Å². The molecule has 0 bridgehead atoms. The van der Waals surface area contributed by atoms with Gasteiger partial charge < -0.3 is 5.73 Å². The Balaban J connectivity index is 2.33. The Morgan fingerprint density at radius 3 is 2.25 bits per heavy atom. The molecule has 2 heterocycles. The molecule has 0 aliphatic heterocycles.